The molecule has 3 amide bonds. The van der Waals surface area contributed by atoms with Crippen molar-refractivity contribution in [2.24, 2.45) is 0 Å². The number of hydrogen-bond acceptors (Lipinski definition) is 4. The lowest BCUT2D eigenvalue weighted by atomic mass is 9.96. The second-order valence-electron chi connectivity index (χ2n) is 6.15. The van der Waals surface area contributed by atoms with Crippen LogP contribution in [-0.4, -0.2) is 47.5 Å². The first-order valence-electron chi connectivity index (χ1n) is 8.46. The summed E-state index contributed by atoms with van der Waals surface area (Å²) in [5.41, 5.74) is 1.37. The zero-order valence-corrected chi connectivity index (χ0v) is 15.8. The molecular weight excluding hydrogens is 358 g/mol. The maximum absolute atomic E-state index is 12.8. The summed E-state index contributed by atoms with van der Waals surface area (Å²) < 4.78 is 0. The van der Waals surface area contributed by atoms with Crippen LogP contribution in [-0.2, 0) is 9.59 Å². The van der Waals surface area contributed by atoms with Crippen LogP contribution in [0.3, 0.4) is 0 Å². The second kappa shape index (κ2) is 8.84. The highest BCUT2D eigenvalue weighted by Crippen LogP contribution is 2.18. The van der Waals surface area contributed by atoms with E-state index in [2.05, 4.69) is 17.2 Å². The average molecular weight is 379 g/mol. The summed E-state index contributed by atoms with van der Waals surface area (Å²) in [6.45, 7) is 1.25. The first kappa shape index (κ1) is 20.7. The minimum atomic E-state index is -1.92. The minimum Gasteiger partial charge on any atom is -0.357 e. The molecule has 0 radical (unpaired) electrons. The van der Waals surface area contributed by atoms with Crippen LogP contribution in [0.5, 0.6) is 0 Å². The summed E-state index contributed by atoms with van der Waals surface area (Å²) in [5, 5.41) is 11.3. The number of hydroxylamine groups is 1. The number of carbonyl (C=O) groups is 3. The first-order chi connectivity index (χ1) is 13.3. The van der Waals surface area contributed by atoms with Crippen LogP contribution in [0, 0.1) is 11.8 Å². The van der Waals surface area contributed by atoms with Gasteiger partial charge in [0.05, 0.1) is 0 Å². The summed E-state index contributed by atoms with van der Waals surface area (Å²) in [6, 6.07) is 16.0. The van der Waals surface area contributed by atoms with Crippen molar-refractivity contribution < 1.29 is 19.6 Å². The molecule has 0 spiro atoms. The molecule has 0 aliphatic carbocycles. The zero-order chi connectivity index (χ0) is 20.7. The van der Waals surface area contributed by atoms with Gasteiger partial charge in [-0.3, -0.25) is 19.6 Å². The molecule has 2 aromatic rings. The Labute approximate surface area is 163 Å². The van der Waals surface area contributed by atoms with E-state index in [1.165, 1.54) is 26.5 Å². The van der Waals surface area contributed by atoms with Crippen molar-refractivity contribution in [2.45, 2.75) is 12.5 Å². The number of hydrogen-bond donors (Lipinski definition) is 3. The number of rotatable bonds is 4. The lowest BCUT2D eigenvalue weighted by Crippen LogP contribution is -2.64. The summed E-state index contributed by atoms with van der Waals surface area (Å²) in [6.07, 6.45) is 0. The van der Waals surface area contributed by atoms with Crippen LogP contribution in [0.4, 0.5) is 0 Å². The molecule has 0 saturated carbocycles. The maximum atomic E-state index is 12.8. The third-order valence-corrected chi connectivity index (χ3v) is 4.45. The van der Waals surface area contributed by atoms with E-state index in [1.807, 2.05) is 30.3 Å². The van der Waals surface area contributed by atoms with E-state index in [0.717, 1.165) is 10.5 Å². The van der Waals surface area contributed by atoms with Gasteiger partial charge in [0.25, 0.3) is 17.7 Å². The standard InChI is InChI=1S/C21H21N3O4/c1-21(19(26)22-2,20(27)23-28)24(3)18(25)17-13-11-16(12-14-17)10-9-15-7-5-4-6-8-15/h4-8,11-14,28H,1-3H3,(H,22,26)(H,23,27). The van der Waals surface area contributed by atoms with Crippen LogP contribution in [0.25, 0.3) is 0 Å². The monoisotopic (exact) mass is 379 g/mol. The van der Waals surface area contributed by atoms with Gasteiger partial charge >= 0.3 is 0 Å². The van der Waals surface area contributed by atoms with Gasteiger partial charge in [0.1, 0.15) is 0 Å². The van der Waals surface area contributed by atoms with Gasteiger partial charge in [-0.05, 0) is 43.3 Å². The van der Waals surface area contributed by atoms with Crippen LogP contribution >= 0.6 is 0 Å². The Kier molecular flexibility index (Phi) is 6.53. The van der Waals surface area contributed by atoms with Crippen LogP contribution < -0.4 is 10.8 Å². The minimum absolute atomic E-state index is 0.272. The van der Waals surface area contributed by atoms with Gasteiger partial charge in [-0.15, -0.1) is 0 Å². The van der Waals surface area contributed by atoms with Crippen LogP contribution in [0.15, 0.2) is 54.6 Å². The molecule has 0 saturated heterocycles. The van der Waals surface area contributed by atoms with Crippen LogP contribution in [0.1, 0.15) is 28.4 Å². The lowest BCUT2D eigenvalue weighted by molar-refractivity contribution is -0.148. The first-order valence-corrected chi connectivity index (χ1v) is 8.46. The number of carbonyl (C=O) groups excluding carboxylic acids is 3. The molecule has 1 atom stereocenters. The molecule has 144 valence electrons. The van der Waals surface area contributed by atoms with E-state index in [4.69, 9.17) is 5.21 Å². The van der Waals surface area contributed by atoms with E-state index in [-0.39, 0.29) is 5.56 Å². The van der Waals surface area contributed by atoms with Crippen molar-refractivity contribution in [3.8, 4) is 11.8 Å². The number of likely N-dealkylation sites (N-methyl/N-ethyl adjacent to an activating group) is 2. The molecule has 2 aromatic carbocycles. The Bertz CT molecular complexity index is 912. The summed E-state index contributed by atoms with van der Waals surface area (Å²) in [4.78, 5) is 38.0. The fourth-order valence-electron chi connectivity index (χ4n) is 2.52. The van der Waals surface area contributed by atoms with E-state index >= 15 is 0 Å². The highest BCUT2D eigenvalue weighted by molar-refractivity contribution is 6.12. The number of nitrogens with zero attached hydrogens (tertiary/aromatic N) is 1. The molecule has 1 unspecified atom stereocenters. The fraction of sp³-hybridized carbons (Fsp3) is 0.190. The van der Waals surface area contributed by atoms with Crippen molar-refractivity contribution in [2.75, 3.05) is 14.1 Å². The fourth-order valence-corrected chi connectivity index (χ4v) is 2.52. The second-order valence-corrected chi connectivity index (χ2v) is 6.15. The van der Waals surface area contributed by atoms with Gasteiger partial charge in [-0.1, -0.05) is 30.0 Å². The SMILES string of the molecule is CNC(=O)C(C)(C(=O)NO)N(C)C(=O)c1ccc(C#Cc2ccccc2)cc1. The van der Waals surface area contributed by atoms with Crippen molar-refractivity contribution in [1.29, 1.82) is 0 Å². The Morgan fingerprint density at radius 2 is 1.46 bits per heavy atom. The predicted octanol–water partition coefficient (Wildman–Crippen LogP) is 1.17. The molecule has 0 aromatic heterocycles. The van der Waals surface area contributed by atoms with Gasteiger partial charge in [0.15, 0.2) is 5.54 Å². The molecule has 0 aliphatic rings. The molecule has 0 bridgehead atoms. The summed E-state index contributed by atoms with van der Waals surface area (Å²) in [5.74, 6) is 3.71. The average Bonchev–Trinajstić information content (AvgIpc) is 2.75. The van der Waals surface area contributed by atoms with Gasteiger partial charge in [-0.2, -0.15) is 0 Å². The van der Waals surface area contributed by atoms with E-state index in [9.17, 15) is 14.4 Å². The van der Waals surface area contributed by atoms with Crippen molar-refractivity contribution in [3.05, 3.63) is 71.3 Å². The van der Waals surface area contributed by atoms with Crippen molar-refractivity contribution in [3.63, 3.8) is 0 Å². The van der Waals surface area contributed by atoms with E-state index in [0.29, 0.717) is 5.56 Å². The Balaban J connectivity index is 2.25. The molecule has 2 rings (SSSR count). The lowest BCUT2D eigenvalue weighted by Gasteiger charge is -2.34. The van der Waals surface area contributed by atoms with Crippen molar-refractivity contribution in [1.82, 2.24) is 15.7 Å². The molecule has 0 fully saturated rings. The van der Waals surface area contributed by atoms with Crippen LogP contribution in [0.2, 0.25) is 0 Å². The number of nitrogens with one attached hydrogen (secondary N) is 2. The third-order valence-electron chi connectivity index (χ3n) is 4.45. The Morgan fingerprint density at radius 1 is 0.929 bits per heavy atom. The predicted molar refractivity (Wildman–Crippen MR) is 103 cm³/mol. The highest BCUT2D eigenvalue weighted by atomic mass is 16.5. The van der Waals surface area contributed by atoms with Gasteiger partial charge in [0, 0.05) is 30.8 Å². The van der Waals surface area contributed by atoms with Gasteiger partial charge < -0.3 is 10.2 Å². The van der Waals surface area contributed by atoms with Gasteiger partial charge in [0.2, 0.25) is 0 Å². The van der Waals surface area contributed by atoms with Gasteiger partial charge in [-0.25, -0.2) is 5.48 Å². The third kappa shape index (κ3) is 4.19. The molecular formula is C21H21N3O4. The largest absolute Gasteiger partial charge is 0.357 e. The summed E-state index contributed by atoms with van der Waals surface area (Å²) in [7, 11) is 2.65. The molecule has 0 heterocycles. The van der Waals surface area contributed by atoms with E-state index in [1.54, 1.807) is 24.3 Å². The molecule has 0 aliphatic heterocycles. The highest BCUT2D eigenvalue weighted by Gasteiger charge is 2.47. The van der Waals surface area contributed by atoms with E-state index < -0.39 is 23.3 Å². The van der Waals surface area contributed by atoms with Crippen molar-refractivity contribution >= 4 is 17.7 Å². The Morgan fingerprint density at radius 3 is 1.96 bits per heavy atom. The normalized spacial score (nSPS) is 12.0. The molecule has 28 heavy (non-hydrogen) atoms. The number of amides is 3. The molecule has 7 nitrogen and oxygen atoms in total. The summed E-state index contributed by atoms with van der Waals surface area (Å²) >= 11 is 0. The zero-order valence-electron chi connectivity index (χ0n) is 15.8. The topological polar surface area (TPSA) is 98.7 Å². The number of benzene rings is 2. The quantitative estimate of drug-likeness (QED) is 0.321. The molecule has 3 N–H and O–H groups in total. The smallest absolute Gasteiger partial charge is 0.278 e. The Hall–Kier alpha value is -3.63. The maximum Gasteiger partial charge on any atom is 0.278 e. The molecule has 7 heteroatoms.